The Labute approximate surface area is 171 Å². The van der Waals surface area contributed by atoms with E-state index in [9.17, 15) is 22.0 Å². The normalized spacial score (nSPS) is 11.2. The van der Waals surface area contributed by atoms with Gasteiger partial charge in [-0.2, -0.15) is 0 Å². The first kappa shape index (κ1) is 20.8. The quantitative estimate of drug-likeness (QED) is 0.430. The average molecular weight is 438 g/mol. The van der Waals surface area contributed by atoms with Crippen molar-refractivity contribution in [2.45, 2.75) is 4.90 Å². The van der Waals surface area contributed by atoms with E-state index in [1.807, 2.05) is 0 Å². The fourth-order valence-electron chi connectivity index (χ4n) is 2.44. The van der Waals surface area contributed by atoms with E-state index in [0.29, 0.717) is 16.8 Å². The summed E-state index contributed by atoms with van der Waals surface area (Å²) in [6.07, 6.45) is 0. The van der Waals surface area contributed by atoms with Crippen LogP contribution >= 0.6 is 11.6 Å². The smallest absolute Gasteiger partial charge is 0.346 e. The van der Waals surface area contributed by atoms with Gasteiger partial charge in [-0.25, -0.2) is 22.0 Å². The summed E-state index contributed by atoms with van der Waals surface area (Å²) in [5.74, 6) is -2.79. The van der Waals surface area contributed by atoms with Gasteiger partial charge in [0.05, 0.1) is 16.1 Å². The molecule has 0 aromatic heterocycles. The van der Waals surface area contributed by atoms with Crippen molar-refractivity contribution < 1.29 is 26.7 Å². The largest absolute Gasteiger partial charge is 0.423 e. The summed E-state index contributed by atoms with van der Waals surface area (Å²) in [6.45, 7) is 0. The molecule has 0 bridgehead atoms. The van der Waals surface area contributed by atoms with Crippen molar-refractivity contribution in [3.05, 3.63) is 89.0 Å². The number of carbonyl (C=O) groups is 1. The second-order valence-electron chi connectivity index (χ2n) is 5.93. The summed E-state index contributed by atoms with van der Waals surface area (Å²) in [4.78, 5) is 12.1. The zero-order valence-corrected chi connectivity index (χ0v) is 16.5. The van der Waals surface area contributed by atoms with Gasteiger partial charge in [0, 0.05) is 18.1 Å². The molecule has 29 heavy (non-hydrogen) atoms. The third kappa shape index (κ3) is 4.55. The van der Waals surface area contributed by atoms with Gasteiger partial charge in [0.2, 0.25) is 0 Å². The lowest BCUT2D eigenvalue weighted by molar-refractivity contribution is 0.0730. The van der Waals surface area contributed by atoms with Crippen LogP contribution in [0.5, 0.6) is 5.75 Å². The van der Waals surface area contributed by atoms with Crippen molar-refractivity contribution in [1.82, 2.24) is 0 Å². The molecule has 0 aliphatic heterocycles. The Hall–Kier alpha value is -2.97. The van der Waals surface area contributed by atoms with Crippen LogP contribution < -0.4 is 9.04 Å². The number of hydrogen-bond donors (Lipinski definition) is 0. The first-order valence-corrected chi connectivity index (χ1v) is 10.0. The maximum absolute atomic E-state index is 13.7. The van der Waals surface area contributed by atoms with Crippen LogP contribution in [0.15, 0.2) is 71.6 Å². The fourth-order valence-corrected chi connectivity index (χ4v) is 3.77. The van der Waals surface area contributed by atoms with Crippen LogP contribution in [0.25, 0.3) is 0 Å². The van der Waals surface area contributed by atoms with E-state index in [1.54, 1.807) is 0 Å². The van der Waals surface area contributed by atoms with Crippen molar-refractivity contribution in [2.75, 3.05) is 11.4 Å². The second kappa shape index (κ2) is 8.18. The van der Waals surface area contributed by atoms with Gasteiger partial charge in [0.25, 0.3) is 10.0 Å². The Morgan fingerprint density at radius 2 is 1.59 bits per heavy atom. The van der Waals surface area contributed by atoms with Gasteiger partial charge in [-0.3, -0.25) is 4.31 Å². The lowest BCUT2D eigenvalue weighted by Gasteiger charge is -2.19. The number of carbonyl (C=O) groups excluding carboxylic acids is 1. The molecule has 0 heterocycles. The van der Waals surface area contributed by atoms with Gasteiger partial charge in [-0.15, -0.1) is 0 Å². The van der Waals surface area contributed by atoms with Crippen LogP contribution in [0.3, 0.4) is 0 Å². The molecule has 0 unspecified atom stereocenters. The van der Waals surface area contributed by atoms with E-state index in [0.717, 1.165) is 16.4 Å². The third-order valence-electron chi connectivity index (χ3n) is 4.03. The summed E-state index contributed by atoms with van der Waals surface area (Å²) in [6, 6.07) is 13.8. The third-order valence-corrected chi connectivity index (χ3v) is 6.09. The molecule has 3 rings (SSSR count). The molecule has 0 amide bonds. The SMILES string of the molecule is CN(c1ccc(OC(=O)c2ccc(F)cc2F)cc1)S(=O)(=O)c1ccc(Cl)cc1. The summed E-state index contributed by atoms with van der Waals surface area (Å²) in [7, 11) is -2.44. The molecule has 0 atom stereocenters. The summed E-state index contributed by atoms with van der Waals surface area (Å²) in [5.41, 5.74) is -0.106. The van der Waals surface area contributed by atoms with E-state index in [2.05, 4.69) is 0 Å². The summed E-state index contributed by atoms with van der Waals surface area (Å²) >= 11 is 5.79. The molecule has 0 radical (unpaired) electrons. The van der Waals surface area contributed by atoms with E-state index in [4.69, 9.17) is 16.3 Å². The van der Waals surface area contributed by atoms with Gasteiger partial charge in [-0.1, -0.05) is 11.6 Å². The Balaban J connectivity index is 1.77. The molecule has 3 aromatic rings. The van der Waals surface area contributed by atoms with Crippen LogP contribution in [0, 0.1) is 11.6 Å². The minimum Gasteiger partial charge on any atom is -0.423 e. The van der Waals surface area contributed by atoms with Gasteiger partial charge < -0.3 is 4.74 Å². The number of rotatable bonds is 5. The zero-order valence-electron chi connectivity index (χ0n) is 15.0. The molecule has 0 N–H and O–H groups in total. The number of ether oxygens (including phenoxy) is 1. The number of esters is 1. The van der Waals surface area contributed by atoms with Crippen LogP contribution in [0.2, 0.25) is 5.02 Å². The number of benzene rings is 3. The Bertz CT molecular complexity index is 1150. The number of hydrogen-bond acceptors (Lipinski definition) is 4. The topological polar surface area (TPSA) is 63.7 Å². The molecule has 9 heteroatoms. The predicted molar refractivity (Wildman–Crippen MR) is 105 cm³/mol. The van der Waals surface area contributed by atoms with Crippen LogP contribution in [0.4, 0.5) is 14.5 Å². The first-order valence-electron chi connectivity index (χ1n) is 8.20. The molecule has 0 fully saturated rings. The fraction of sp³-hybridized carbons (Fsp3) is 0.0500. The lowest BCUT2D eigenvalue weighted by Crippen LogP contribution is -2.26. The van der Waals surface area contributed by atoms with Crippen LogP contribution in [0.1, 0.15) is 10.4 Å². The average Bonchev–Trinajstić information content (AvgIpc) is 2.68. The highest BCUT2D eigenvalue weighted by atomic mass is 35.5. The highest BCUT2D eigenvalue weighted by Gasteiger charge is 2.21. The molecule has 0 spiro atoms. The van der Waals surface area contributed by atoms with E-state index >= 15 is 0 Å². The maximum atomic E-state index is 13.7. The number of halogens is 3. The minimum atomic E-state index is -3.82. The molecule has 0 aliphatic carbocycles. The molecular formula is C20H14ClF2NO4S. The Morgan fingerprint density at radius 3 is 2.17 bits per heavy atom. The minimum absolute atomic E-state index is 0.0617. The Kier molecular flexibility index (Phi) is 5.86. The highest BCUT2D eigenvalue weighted by Crippen LogP contribution is 2.25. The molecule has 5 nitrogen and oxygen atoms in total. The number of anilines is 1. The van der Waals surface area contributed by atoms with E-state index < -0.39 is 33.2 Å². The molecule has 3 aromatic carbocycles. The number of nitrogens with zero attached hydrogens (tertiary/aromatic N) is 1. The monoisotopic (exact) mass is 437 g/mol. The lowest BCUT2D eigenvalue weighted by atomic mass is 10.2. The maximum Gasteiger partial charge on any atom is 0.346 e. The predicted octanol–water partition coefficient (Wildman–Crippen LogP) is 4.66. The zero-order chi connectivity index (χ0) is 21.2. The van der Waals surface area contributed by atoms with Crippen molar-refractivity contribution >= 4 is 33.3 Å². The van der Waals surface area contributed by atoms with Crippen molar-refractivity contribution in [2.24, 2.45) is 0 Å². The van der Waals surface area contributed by atoms with Crippen molar-refractivity contribution in [3.63, 3.8) is 0 Å². The number of sulfonamides is 1. The first-order chi connectivity index (χ1) is 13.7. The van der Waals surface area contributed by atoms with Crippen molar-refractivity contribution in [3.8, 4) is 5.75 Å². The highest BCUT2D eigenvalue weighted by molar-refractivity contribution is 7.92. The molecule has 150 valence electrons. The standard InChI is InChI=1S/C20H14ClF2NO4S/c1-24(29(26,27)17-9-2-13(21)3-10-17)15-5-7-16(8-6-15)28-20(25)18-11-4-14(22)12-19(18)23/h2-12H,1H3. The molecule has 0 saturated heterocycles. The second-order valence-corrected chi connectivity index (χ2v) is 8.34. The summed E-state index contributed by atoms with van der Waals surface area (Å²) in [5, 5.41) is 0.412. The molecule has 0 saturated carbocycles. The van der Waals surface area contributed by atoms with Crippen LogP contribution in [-0.4, -0.2) is 21.4 Å². The van der Waals surface area contributed by atoms with Gasteiger partial charge >= 0.3 is 5.97 Å². The van der Waals surface area contributed by atoms with Crippen molar-refractivity contribution in [1.29, 1.82) is 0 Å². The van der Waals surface area contributed by atoms with Gasteiger partial charge in [-0.05, 0) is 60.7 Å². The summed E-state index contributed by atoms with van der Waals surface area (Å²) < 4.78 is 58.1. The van der Waals surface area contributed by atoms with Gasteiger partial charge in [0.15, 0.2) is 0 Å². The molecular weight excluding hydrogens is 424 g/mol. The van der Waals surface area contributed by atoms with Gasteiger partial charge in [0.1, 0.15) is 17.4 Å². The molecule has 0 aliphatic rings. The Morgan fingerprint density at radius 1 is 0.966 bits per heavy atom. The van der Waals surface area contributed by atoms with E-state index in [-0.39, 0.29) is 10.6 Å². The van der Waals surface area contributed by atoms with E-state index in [1.165, 1.54) is 55.6 Å². The van der Waals surface area contributed by atoms with Crippen LogP contribution in [-0.2, 0) is 10.0 Å².